The van der Waals surface area contributed by atoms with Crippen molar-refractivity contribution in [3.63, 3.8) is 0 Å². The first-order chi connectivity index (χ1) is 31.6. The third-order valence-corrected chi connectivity index (χ3v) is 12.2. The lowest BCUT2D eigenvalue weighted by molar-refractivity contribution is -0.0336. The summed E-state index contributed by atoms with van der Waals surface area (Å²) in [6, 6.07) is 37.0. The topological polar surface area (TPSA) is 183 Å². The Morgan fingerprint density at radius 3 is 2.31 bits per heavy atom. The number of nitrogens with one attached hydrogen (secondary N) is 3. The molecule has 6 aromatic rings. The van der Waals surface area contributed by atoms with Gasteiger partial charge in [0.05, 0.1) is 29.8 Å². The summed E-state index contributed by atoms with van der Waals surface area (Å²) in [5.74, 6) is 0.228. The first-order valence-electron chi connectivity index (χ1n) is 21.9. The molecule has 2 amide bonds. The van der Waals surface area contributed by atoms with Crippen molar-refractivity contribution in [2.75, 3.05) is 46.4 Å². The lowest BCUT2D eigenvalue weighted by atomic mass is 9.86. The van der Waals surface area contributed by atoms with Crippen molar-refractivity contribution in [1.82, 2.24) is 25.4 Å². The quantitative estimate of drug-likeness (QED) is 0.0633. The second-order valence-electron chi connectivity index (χ2n) is 16.6. The second kappa shape index (κ2) is 20.7. The van der Waals surface area contributed by atoms with Gasteiger partial charge in [0.25, 0.3) is 5.91 Å². The minimum absolute atomic E-state index is 0.00919. The number of aromatic amines is 1. The Hall–Kier alpha value is -7.00. The zero-order chi connectivity index (χ0) is 45.3. The van der Waals surface area contributed by atoms with Crippen molar-refractivity contribution in [1.29, 1.82) is 0 Å². The van der Waals surface area contributed by atoms with Gasteiger partial charge in [0.2, 0.25) is 5.56 Å². The fourth-order valence-electron chi connectivity index (χ4n) is 8.48. The van der Waals surface area contributed by atoms with E-state index in [1.54, 1.807) is 55.6 Å². The number of fused-ring (bicyclic) bond motifs is 4. The molecule has 0 saturated carbocycles. The van der Waals surface area contributed by atoms with Crippen molar-refractivity contribution < 1.29 is 38.8 Å². The van der Waals surface area contributed by atoms with Gasteiger partial charge in [-0.25, -0.2) is 9.59 Å². The first kappa shape index (κ1) is 44.6. The summed E-state index contributed by atoms with van der Waals surface area (Å²) >= 11 is 0. The number of aliphatic hydroxyl groups excluding tert-OH is 1. The van der Waals surface area contributed by atoms with Gasteiger partial charge in [0.15, 0.2) is 0 Å². The number of carbonyl (C=O) groups excluding carboxylic acids is 3. The number of rotatable bonds is 17. The van der Waals surface area contributed by atoms with Gasteiger partial charge in [-0.05, 0) is 108 Å². The smallest absolute Gasteiger partial charge is 0.408 e. The van der Waals surface area contributed by atoms with Gasteiger partial charge in [-0.15, -0.1) is 0 Å². The molecule has 3 aliphatic rings. The molecule has 1 aromatic heterocycles. The number of H-pyrrole nitrogens is 1. The highest BCUT2D eigenvalue weighted by molar-refractivity contribution is 5.94. The summed E-state index contributed by atoms with van der Waals surface area (Å²) in [5.41, 5.74) is 4.86. The van der Waals surface area contributed by atoms with Gasteiger partial charge in [0, 0.05) is 43.7 Å². The number of nitrogens with zero attached hydrogens (tertiary/aromatic N) is 2. The van der Waals surface area contributed by atoms with Gasteiger partial charge >= 0.3 is 12.1 Å². The molecule has 2 bridgehead atoms. The van der Waals surface area contributed by atoms with Crippen LogP contribution in [0.3, 0.4) is 0 Å². The predicted octanol–water partition coefficient (Wildman–Crippen LogP) is 6.47. The largest absolute Gasteiger partial charge is 0.506 e. The number of phenolic OH excluding ortho intramolecular Hbond substituents is 1. The summed E-state index contributed by atoms with van der Waals surface area (Å²) in [4.78, 5) is 57.4. The number of hydrogen-bond donors (Lipinski definition) is 5. The Balaban J connectivity index is 0.771. The van der Waals surface area contributed by atoms with Crippen LogP contribution in [-0.4, -0.2) is 95.4 Å². The first-order valence-corrected chi connectivity index (χ1v) is 21.9. The Bertz CT molecular complexity index is 2650. The van der Waals surface area contributed by atoms with Crippen LogP contribution in [0.15, 0.2) is 132 Å². The molecule has 5 aromatic carbocycles. The molecule has 336 valence electrons. The number of benzene rings is 5. The maximum absolute atomic E-state index is 13.2. The number of amides is 2. The molecule has 3 saturated heterocycles. The normalized spacial score (nSPS) is 17.5. The number of ether oxygens (including phenoxy) is 3. The lowest BCUT2D eigenvalue weighted by Crippen LogP contribution is -2.52. The molecule has 4 heterocycles. The number of carbonyl (C=O) groups is 3. The number of piperidine rings is 3. The van der Waals surface area contributed by atoms with Crippen LogP contribution >= 0.6 is 0 Å². The maximum atomic E-state index is 13.2. The summed E-state index contributed by atoms with van der Waals surface area (Å²) in [5, 5.41) is 27.8. The summed E-state index contributed by atoms with van der Waals surface area (Å²) < 4.78 is 17.6. The minimum atomic E-state index is -0.898. The third kappa shape index (κ3) is 11.2. The fourth-order valence-corrected chi connectivity index (χ4v) is 8.48. The van der Waals surface area contributed by atoms with E-state index < -0.39 is 24.2 Å². The Kier molecular flexibility index (Phi) is 14.2. The molecule has 9 rings (SSSR count). The number of pyridine rings is 1. The van der Waals surface area contributed by atoms with Crippen LogP contribution < -0.4 is 20.9 Å². The maximum Gasteiger partial charge on any atom is 0.408 e. The molecule has 0 unspecified atom stereocenters. The van der Waals surface area contributed by atoms with Crippen LogP contribution in [0.1, 0.15) is 73.5 Å². The van der Waals surface area contributed by atoms with E-state index in [0.29, 0.717) is 40.3 Å². The number of likely N-dealkylation sites (N-methyl/N-ethyl adjacent to an activating group) is 1. The molecule has 65 heavy (non-hydrogen) atoms. The molecule has 3 aliphatic heterocycles. The number of aliphatic hydroxyl groups is 1. The number of aromatic hydroxyl groups is 1. The van der Waals surface area contributed by atoms with Gasteiger partial charge in [-0.3, -0.25) is 14.5 Å². The third-order valence-electron chi connectivity index (χ3n) is 12.2. The van der Waals surface area contributed by atoms with E-state index in [2.05, 4.69) is 20.5 Å². The van der Waals surface area contributed by atoms with Gasteiger partial charge < -0.3 is 44.9 Å². The number of alkyl carbamates (subject to hydrolysis) is 1. The molecular formula is C51H53N5O9. The number of phenols is 1. The summed E-state index contributed by atoms with van der Waals surface area (Å²) in [6.45, 7) is 4.01. The van der Waals surface area contributed by atoms with Crippen LogP contribution in [0, 0.1) is 5.92 Å². The molecule has 14 nitrogen and oxygen atoms in total. The molecule has 0 aliphatic carbocycles. The average molecular weight is 880 g/mol. The molecule has 0 radical (unpaired) electrons. The molecule has 0 spiro atoms. The highest BCUT2D eigenvalue weighted by Gasteiger charge is 2.37. The van der Waals surface area contributed by atoms with Gasteiger partial charge in [0.1, 0.15) is 30.8 Å². The van der Waals surface area contributed by atoms with E-state index in [9.17, 15) is 29.4 Å². The van der Waals surface area contributed by atoms with E-state index >= 15 is 0 Å². The molecule has 14 heteroatoms. The highest BCUT2D eigenvalue weighted by Crippen LogP contribution is 2.32. The van der Waals surface area contributed by atoms with Crippen molar-refractivity contribution in [2.24, 2.45) is 5.92 Å². The Labute approximate surface area is 376 Å². The molecule has 3 atom stereocenters. The van der Waals surface area contributed by atoms with E-state index in [0.717, 1.165) is 54.7 Å². The van der Waals surface area contributed by atoms with E-state index in [4.69, 9.17) is 14.2 Å². The standard InChI is InChI=1S/C51H53N5O9/c1-55(49(60)37-14-10-33(11-15-37)29-52-30-44(58)41-18-20-43(57)48-42(41)19-21-46(59)53-48)26-27-63-50(61)38-16-12-34(13-17-38)32-64-40-9-5-8-39(28-40)47(36-6-3-2-4-7-36)54-51(62)65-45-31-56-24-22-35(45)23-25-56/h2-21,28,35,44-45,47,52,57-58H,22-27,29-32H2,1H3,(H,53,59)(H,54,62)/t44-,45-,47-/m0/s1. The van der Waals surface area contributed by atoms with Crippen molar-refractivity contribution in [3.05, 3.63) is 177 Å². The second-order valence-corrected chi connectivity index (χ2v) is 16.6. The van der Waals surface area contributed by atoms with Gasteiger partial charge in [-0.2, -0.15) is 0 Å². The zero-order valence-electron chi connectivity index (χ0n) is 36.2. The zero-order valence-corrected chi connectivity index (χ0v) is 36.2. The van der Waals surface area contributed by atoms with Crippen molar-refractivity contribution in [3.8, 4) is 11.5 Å². The summed E-state index contributed by atoms with van der Waals surface area (Å²) in [7, 11) is 1.64. The van der Waals surface area contributed by atoms with Crippen LogP contribution in [0.2, 0.25) is 0 Å². The minimum Gasteiger partial charge on any atom is -0.506 e. The molecular weight excluding hydrogens is 827 g/mol. The van der Waals surface area contributed by atoms with Crippen LogP contribution in [0.5, 0.6) is 11.5 Å². The van der Waals surface area contributed by atoms with Gasteiger partial charge in [-0.1, -0.05) is 72.8 Å². The van der Waals surface area contributed by atoms with Crippen molar-refractivity contribution in [2.45, 2.75) is 44.2 Å². The van der Waals surface area contributed by atoms with Crippen LogP contribution in [0.25, 0.3) is 10.9 Å². The van der Waals surface area contributed by atoms with Crippen molar-refractivity contribution >= 4 is 28.9 Å². The SMILES string of the molecule is CN(CCOC(=O)c1ccc(COc2cccc([C@@H](NC(=O)O[C@H]3CN4CCC3CC4)c3ccccc3)c2)cc1)C(=O)c1ccc(CNC[C@H](O)c2ccc(O)c3[nH]c(=O)ccc23)cc1. The molecule has 5 N–H and O–H groups in total. The monoisotopic (exact) mass is 879 g/mol. The fraction of sp³-hybridized carbons (Fsp3) is 0.294. The summed E-state index contributed by atoms with van der Waals surface area (Å²) in [6.07, 6.45) is 0.678. The Morgan fingerprint density at radius 2 is 1.57 bits per heavy atom. The number of esters is 1. The van der Waals surface area contributed by atoms with E-state index in [1.165, 1.54) is 17.0 Å². The lowest BCUT2D eigenvalue weighted by Gasteiger charge is -2.43. The van der Waals surface area contributed by atoms with Crippen LogP contribution in [0.4, 0.5) is 4.79 Å². The number of hydrogen-bond acceptors (Lipinski definition) is 11. The van der Waals surface area contributed by atoms with Crippen LogP contribution in [-0.2, 0) is 22.6 Å². The van der Waals surface area contributed by atoms with E-state index in [-0.39, 0.29) is 55.1 Å². The number of aromatic nitrogens is 1. The Morgan fingerprint density at radius 1 is 0.846 bits per heavy atom. The average Bonchev–Trinajstić information content (AvgIpc) is 3.33. The van der Waals surface area contributed by atoms with E-state index in [1.807, 2.05) is 66.7 Å². The predicted molar refractivity (Wildman–Crippen MR) is 245 cm³/mol. The molecule has 3 fully saturated rings. The highest BCUT2D eigenvalue weighted by atomic mass is 16.6.